The maximum absolute atomic E-state index is 12.8. The Morgan fingerprint density at radius 1 is 0.569 bits per heavy atom. The first-order valence-electron chi connectivity index (χ1n) is 17.3. The third-order valence-electron chi connectivity index (χ3n) is 8.98. The average molecular weight is 1200 g/mol. The van der Waals surface area contributed by atoms with Gasteiger partial charge in [-0.25, -0.2) is 42.1 Å². The number of halogens is 1. The van der Waals surface area contributed by atoms with Gasteiger partial charge in [-0.05, 0) is 91.2 Å². The summed E-state index contributed by atoms with van der Waals surface area (Å²) in [5, 5.41) is 37.0. The number of aromatic nitrogens is 3. The van der Waals surface area contributed by atoms with Crippen LogP contribution in [0.4, 0.5) is 46.0 Å². The van der Waals surface area contributed by atoms with E-state index in [1.807, 2.05) is 0 Å². The quantitative estimate of drug-likeness (QED) is 0.0549. The molecule has 0 spiro atoms. The van der Waals surface area contributed by atoms with Crippen molar-refractivity contribution >= 4 is 119 Å². The molecule has 6 aromatic rings. The predicted octanol–water partition coefficient (Wildman–Crippen LogP) is -10.4. The number of nitrogens with zero attached hydrogens (tertiary/aromatic N) is 8. The van der Waals surface area contributed by atoms with Gasteiger partial charge in [-0.2, -0.15) is 20.1 Å². The van der Waals surface area contributed by atoms with Crippen LogP contribution in [-0.4, -0.2) is 97.1 Å². The number of hydrogen-bond acceptors (Lipinski definition) is 26. The van der Waals surface area contributed by atoms with Gasteiger partial charge in [-0.1, -0.05) is 6.07 Å². The van der Waals surface area contributed by atoms with Crippen LogP contribution in [0.1, 0.15) is 11.1 Å². The van der Waals surface area contributed by atoms with Crippen LogP contribution in [0.5, 0.6) is 11.5 Å². The van der Waals surface area contributed by atoms with Crippen molar-refractivity contribution < 1.29 is 240 Å². The molecule has 6 rings (SSSR count). The molecule has 38 heteroatoms. The van der Waals surface area contributed by atoms with E-state index >= 15 is 0 Å². The maximum Gasteiger partial charge on any atom is 1.00 e. The third-order valence-corrected chi connectivity index (χ3v) is 13.5. The Morgan fingerprint density at radius 2 is 1.11 bits per heavy atom. The smallest absolute Gasteiger partial charge is 0.744 e. The molecule has 0 saturated carbocycles. The minimum absolute atomic E-state index is 0. The second kappa shape index (κ2) is 27.1. The fourth-order valence-electron chi connectivity index (χ4n) is 5.94. The van der Waals surface area contributed by atoms with E-state index in [-0.39, 0.29) is 188 Å². The summed E-state index contributed by atoms with van der Waals surface area (Å²) in [5.74, 6) is -2.89. The number of phenolic OH excluding ortho intramolecular Hbond substituents is 2. The Kier molecular flexibility index (Phi) is 26.8. The number of aryl methyl sites for hydroxylation is 2. The van der Waals surface area contributed by atoms with Crippen molar-refractivity contribution in [3.05, 3.63) is 83.1 Å². The molecular weight excluding hydrogens is 1180 g/mol. The first-order chi connectivity index (χ1) is 30.3. The molecule has 0 amide bonds. The van der Waals surface area contributed by atoms with Crippen molar-refractivity contribution in [3.63, 3.8) is 0 Å². The molecule has 0 bridgehead atoms. The maximum atomic E-state index is 12.8. The fraction of sp³-hybridized carbons (Fsp3) is 0.0882. The van der Waals surface area contributed by atoms with E-state index in [2.05, 4.69) is 40.7 Å². The van der Waals surface area contributed by atoms with Crippen molar-refractivity contribution in [2.24, 2.45) is 20.5 Å². The molecule has 0 aliphatic rings. The topological polar surface area (TPSA) is 430 Å². The molecular formula is C34H23ClCuN9Na5O17S5. The van der Waals surface area contributed by atoms with Crippen LogP contribution in [0.3, 0.4) is 0 Å². The van der Waals surface area contributed by atoms with Gasteiger partial charge < -0.3 is 43.2 Å². The molecule has 72 heavy (non-hydrogen) atoms. The van der Waals surface area contributed by atoms with Gasteiger partial charge in [-0.15, -0.1) is 15.3 Å². The standard InChI is InChI=1S/C34H28ClN9O17S5.Cu.5Na/c1-15-4-5-18(63(50,51)52)12-25(15)44(3)34-38-32(35)37-33(39-34)36-21-8-7-19-20(31(21)66(59,60)61)13-28(65(56,57)58)29(30(19)46)43-41-23-10-16(2)22(14-26(23)45)40-42-24-11-17(62(47,48)49)6-9-27(24)64(53,54)55;;;;;;/h4-14,45-46H,1-3H3,(H,47,48,49)(H,50,51,52)(H,53,54,55)(H,56,57,58)(H,59,60,61)(H,36,37,38,39);;;;;;/q;;5*+1/p-5. The predicted molar refractivity (Wildman–Crippen MR) is 220 cm³/mol. The van der Waals surface area contributed by atoms with E-state index in [4.69, 9.17) is 11.6 Å². The SMILES string of the molecule is Cc1cc(N=Nc2c(S(=O)(=O)[O-])cc3c(S(=O)(=O)[O-])c(Nc4nc(Cl)nc(N(C)c5cc(S(=O)(=O)[O-])ccc5C)n4)ccc3c2O)c(O)cc1N=Nc1cc(S(=O)(=O)[O-])ccc1S(=O)(=O)[O-].[Cu].[Na+].[Na+].[Na+].[Na+].[Na+]. The van der Waals surface area contributed by atoms with E-state index in [0.717, 1.165) is 36.4 Å². The number of benzene rings is 5. The van der Waals surface area contributed by atoms with Crippen LogP contribution in [0.25, 0.3) is 10.8 Å². The van der Waals surface area contributed by atoms with Gasteiger partial charge in [0.15, 0.2) is 5.75 Å². The summed E-state index contributed by atoms with van der Waals surface area (Å²) >= 11 is 6.11. The largest absolute Gasteiger partial charge is 1.00 e. The number of anilines is 4. The Hall–Kier alpha value is -0.871. The van der Waals surface area contributed by atoms with Gasteiger partial charge in [0.1, 0.15) is 73.4 Å². The van der Waals surface area contributed by atoms with Crippen LogP contribution >= 0.6 is 11.6 Å². The Morgan fingerprint density at radius 3 is 1.67 bits per heavy atom. The summed E-state index contributed by atoms with van der Waals surface area (Å²) < 4.78 is 181. The first kappa shape index (κ1) is 71.1. The molecule has 0 aliphatic carbocycles. The van der Waals surface area contributed by atoms with Crippen LogP contribution in [-0.2, 0) is 67.7 Å². The summed E-state index contributed by atoms with van der Waals surface area (Å²) in [7, 11) is -25.4. The fourth-order valence-corrected chi connectivity index (χ4v) is 9.13. The number of fused-ring (bicyclic) bond motifs is 1. The molecule has 26 nitrogen and oxygen atoms in total. The number of azo groups is 2. The molecule has 1 radical (unpaired) electrons. The molecule has 3 N–H and O–H groups in total. The number of nitrogens with one attached hydrogen (secondary N) is 1. The van der Waals surface area contributed by atoms with Gasteiger partial charge in [-0.3, -0.25) is 0 Å². The second-order valence-electron chi connectivity index (χ2n) is 13.4. The average Bonchev–Trinajstić information content (AvgIpc) is 3.18. The second-order valence-corrected chi connectivity index (χ2v) is 20.5. The van der Waals surface area contributed by atoms with Gasteiger partial charge >= 0.3 is 148 Å². The summed E-state index contributed by atoms with van der Waals surface area (Å²) in [6, 6.07) is 9.09. The number of aromatic hydroxyl groups is 2. The van der Waals surface area contributed by atoms with Crippen molar-refractivity contribution in [1.82, 2.24) is 15.0 Å². The molecule has 0 unspecified atom stereocenters. The third kappa shape index (κ3) is 16.8. The van der Waals surface area contributed by atoms with Crippen molar-refractivity contribution in [3.8, 4) is 11.5 Å². The minimum Gasteiger partial charge on any atom is -0.744 e. The van der Waals surface area contributed by atoms with Gasteiger partial charge in [0.25, 0.3) is 0 Å². The number of hydrogen-bond donors (Lipinski definition) is 3. The van der Waals surface area contributed by atoms with E-state index in [9.17, 15) is 75.1 Å². The normalized spacial score (nSPS) is 11.8. The van der Waals surface area contributed by atoms with Crippen LogP contribution in [0.15, 0.2) is 112 Å². The van der Waals surface area contributed by atoms with Gasteiger partial charge in [0.2, 0.25) is 17.2 Å². The van der Waals surface area contributed by atoms with E-state index in [1.165, 1.54) is 24.9 Å². The molecule has 5 aromatic carbocycles. The monoisotopic (exact) mass is 1200 g/mol. The Labute approximate surface area is 536 Å². The zero-order valence-electron chi connectivity index (χ0n) is 38.2. The zero-order valence-corrected chi connectivity index (χ0v) is 53.9. The summed E-state index contributed by atoms with van der Waals surface area (Å²) in [5.41, 5.74) is -2.83. The van der Waals surface area contributed by atoms with Crippen molar-refractivity contribution in [2.75, 3.05) is 17.3 Å². The molecule has 0 aliphatic heterocycles. The molecule has 0 saturated heterocycles. The van der Waals surface area contributed by atoms with Crippen LogP contribution in [0, 0.1) is 13.8 Å². The molecule has 359 valence electrons. The Balaban J connectivity index is 0.00000840. The molecule has 0 atom stereocenters. The van der Waals surface area contributed by atoms with E-state index < -0.39 is 131 Å². The molecule has 1 aromatic heterocycles. The summed E-state index contributed by atoms with van der Waals surface area (Å²) in [4.78, 5) is 7.81. The Bertz CT molecular complexity index is 3720. The van der Waals surface area contributed by atoms with E-state index in [0.29, 0.717) is 29.8 Å². The zero-order chi connectivity index (χ0) is 49.1. The van der Waals surface area contributed by atoms with Gasteiger partial charge in [0.05, 0.1) is 35.9 Å². The van der Waals surface area contributed by atoms with Crippen molar-refractivity contribution in [1.29, 1.82) is 0 Å². The summed E-state index contributed by atoms with van der Waals surface area (Å²) in [6.45, 7) is 2.86. The number of phenols is 2. The minimum atomic E-state index is -5.74. The van der Waals surface area contributed by atoms with Crippen molar-refractivity contribution in [2.45, 2.75) is 38.3 Å². The van der Waals surface area contributed by atoms with Crippen LogP contribution < -0.4 is 158 Å². The molecule has 1 heterocycles. The van der Waals surface area contributed by atoms with Gasteiger partial charge in [0, 0.05) is 46.6 Å². The molecule has 0 fully saturated rings. The van der Waals surface area contributed by atoms with E-state index in [1.54, 1.807) is 6.92 Å². The van der Waals surface area contributed by atoms with Crippen LogP contribution in [0.2, 0.25) is 5.28 Å². The summed E-state index contributed by atoms with van der Waals surface area (Å²) in [6.07, 6.45) is 0. The number of rotatable bonds is 13. The first-order valence-corrected chi connectivity index (χ1v) is 24.7.